The van der Waals surface area contributed by atoms with Gasteiger partial charge in [-0.1, -0.05) is 17.3 Å². The highest BCUT2D eigenvalue weighted by molar-refractivity contribution is 5.01. The van der Waals surface area contributed by atoms with Gasteiger partial charge in [-0.3, -0.25) is 0 Å². The molecule has 8 heavy (non-hydrogen) atoms. The highest BCUT2D eigenvalue weighted by atomic mass is 16.7. The van der Waals surface area contributed by atoms with E-state index in [0.29, 0.717) is 6.54 Å². The lowest BCUT2D eigenvalue weighted by Gasteiger charge is -2.08. The summed E-state index contributed by atoms with van der Waals surface area (Å²) >= 11 is 0. The molecule has 3 heteroatoms. The van der Waals surface area contributed by atoms with Gasteiger partial charge in [0.05, 0.1) is 6.54 Å². The predicted octanol–water partition coefficient (Wildman–Crippen LogP) is 0.177. The topological polar surface area (TPSA) is 38.5 Å². The Morgan fingerprint density at radius 1 is 1.50 bits per heavy atom. The first-order chi connectivity index (χ1) is 3.89. The Bertz CT molecular complexity index is 106. The first-order valence-corrected chi connectivity index (χ1v) is 2.40. The van der Waals surface area contributed by atoms with Crippen molar-refractivity contribution >= 4 is 0 Å². The predicted molar refractivity (Wildman–Crippen MR) is 30.3 cm³/mol. The van der Waals surface area contributed by atoms with Crippen LogP contribution in [0.15, 0.2) is 24.5 Å². The summed E-state index contributed by atoms with van der Waals surface area (Å²) < 4.78 is 0. The SMILES string of the molecule is NN1CC=CC=CO1. The second kappa shape index (κ2) is 2.49. The Morgan fingerprint density at radius 2 is 2.38 bits per heavy atom. The highest BCUT2D eigenvalue weighted by Gasteiger charge is 1.92. The van der Waals surface area contributed by atoms with Crippen LogP contribution < -0.4 is 5.84 Å². The average molecular weight is 112 g/mol. The fourth-order valence-corrected chi connectivity index (χ4v) is 0.445. The highest BCUT2D eigenvalue weighted by Crippen LogP contribution is 1.89. The summed E-state index contributed by atoms with van der Waals surface area (Å²) in [6.07, 6.45) is 7.10. The summed E-state index contributed by atoms with van der Waals surface area (Å²) in [5, 5.41) is 1.25. The van der Waals surface area contributed by atoms with E-state index in [4.69, 9.17) is 10.7 Å². The van der Waals surface area contributed by atoms with Crippen LogP contribution in [-0.4, -0.2) is 11.7 Å². The van der Waals surface area contributed by atoms with E-state index in [9.17, 15) is 0 Å². The van der Waals surface area contributed by atoms with Crippen molar-refractivity contribution in [2.45, 2.75) is 0 Å². The second-order valence-corrected chi connectivity index (χ2v) is 1.46. The molecule has 0 saturated carbocycles. The molecule has 1 aliphatic heterocycles. The summed E-state index contributed by atoms with van der Waals surface area (Å²) in [5.41, 5.74) is 0. The van der Waals surface area contributed by atoms with E-state index in [1.807, 2.05) is 12.2 Å². The van der Waals surface area contributed by atoms with Crippen LogP contribution in [0.3, 0.4) is 0 Å². The fourth-order valence-electron chi connectivity index (χ4n) is 0.445. The molecular weight excluding hydrogens is 104 g/mol. The molecule has 0 bridgehead atoms. The molecule has 1 aliphatic rings. The maximum atomic E-state index is 5.24. The Hall–Kier alpha value is -0.800. The Labute approximate surface area is 48.0 Å². The molecular formula is C5H8N2O. The van der Waals surface area contributed by atoms with Crippen LogP contribution in [0.5, 0.6) is 0 Å². The number of nitrogens with zero attached hydrogens (tertiary/aromatic N) is 1. The van der Waals surface area contributed by atoms with Gasteiger partial charge in [-0.25, -0.2) is 5.84 Å². The van der Waals surface area contributed by atoms with E-state index in [0.717, 1.165) is 0 Å². The lowest BCUT2D eigenvalue weighted by molar-refractivity contribution is -0.0944. The Balaban J connectivity index is 2.45. The number of hydrogen-bond acceptors (Lipinski definition) is 3. The van der Waals surface area contributed by atoms with Gasteiger partial charge in [-0.05, 0) is 6.08 Å². The van der Waals surface area contributed by atoms with Crippen LogP contribution in [0.2, 0.25) is 0 Å². The molecule has 1 rings (SSSR count). The van der Waals surface area contributed by atoms with Crippen LogP contribution in [0, 0.1) is 0 Å². The summed E-state index contributed by atoms with van der Waals surface area (Å²) in [7, 11) is 0. The molecule has 0 aromatic heterocycles. The van der Waals surface area contributed by atoms with Crippen molar-refractivity contribution in [2.75, 3.05) is 6.54 Å². The van der Waals surface area contributed by atoms with Crippen LogP contribution >= 0.6 is 0 Å². The fraction of sp³-hybridized carbons (Fsp3) is 0.200. The summed E-state index contributed by atoms with van der Waals surface area (Å²) in [6.45, 7) is 0.632. The summed E-state index contributed by atoms with van der Waals surface area (Å²) in [4.78, 5) is 4.77. The molecule has 0 amide bonds. The van der Waals surface area contributed by atoms with E-state index < -0.39 is 0 Å². The van der Waals surface area contributed by atoms with E-state index >= 15 is 0 Å². The van der Waals surface area contributed by atoms with E-state index in [2.05, 4.69) is 0 Å². The van der Waals surface area contributed by atoms with Crippen LogP contribution in [0.1, 0.15) is 0 Å². The smallest absolute Gasteiger partial charge is 0.113 e. The van der Waals surface area contributed by atoms with Crippen molar-refractivity contribution in [1.82, 2.24) is 5.17 Å². The molecule has 0 atom stereocenters. The van der Waals surface area contributed by atoms with Gasteiger partial charge < -0.3 is 4.84 Å². The number of hydrogen-bond donors (Lipinski definition) is 1. The third-order valence-electron chi connectivity index (χ3n) is 0.807. The zero-order chi connectivity index (χ0) is 5.82. The molecule has 0 saturated heterocycles. The van der Waals surface area contributed by atoms with Gasteiger partial charge in [0, 0.05) is 0 Å². The number of hydrazine groups is 1. The van der Waals surface area contributed by atoms with Crippen LogP contribution in [0.25, 0.3) is 0 Å². The van der Waals surface area contributed by atoms with E-state index in [1.165, 1.54) is 11.4 Å². The van der Waals surface area contributed by atoms with Crippen LogP contribution in [-0.2, 0) is 4.84 Å². The van der Waals surface area contributed by atoms with Gasteiger partial charge >= 0.3 is 0 Å². The van der Waals surface area contributed by atoms with Gasteiger partial charge in [0.1, 0.15) is 6.26 Å². The normalized spacial score (nSPS) is 20.1. The number of allylic oxidation sites excluding steroid dienone is 2. The van der Waals surface area contributed by atoms with Gasteiger partial charge in [0.25, 0.3) is 0 Å². The van der Waals surface area contributed by atoms with E-state index in [1.54, 1.807) is 6.08 Å². The van der Waals surface area contributed by atoms with Gasteiger partial charge in [0.15, 0.2) is 0 Å². The monoisotopic (exact) mass is 112 g/mol. The van der Waals surface area contributed by atoms with Gasteiger partial charge in [-0.2, -0.15) is 0 Å². The third-order valence-corrected chi connectivity index (χ3v) is 0.807. The lowest BCUT2D eigenvalue weighted by atomic mass is 10.5. The molecule has 0 unspecified atom stereocenters. The second-order valence-electron chi connectivity index (χ2n) is 1.46. The molecule has 0 aromatic carbocycles. The van der Waals surface area contributed by atoms with Crippen molar-refractivity contribution in [3.05, 3.63) is 24.5 Å². The summed E-state index contributed by atoms with van der Waals surface area (Å²) in [5.74, 6) is 5.24. The van der Waals surface area contributed by atoms with Crippen molar-refractivity contribution in [3.8, 4) is 0 Å². The molecule has 3 nitrogen and oxygen atoms in total. The van der Waals surface area contributed by atoms with Crippen molar-refractivity contribution in [3.63, 3.8) is 0 Å². The minimum absolute atomic E-state index is 0.632. The molecule has 0 aromatic rings. The zero-order valence-electron chi connectivity index (χ0n) is 4.45. The minimum atomic E-state index is 0.632. The lowest BCUT2D eigenvalue weighted by Crippen LogP contribution is -2.28. The molecule has 0 radical (unpaired) electrons. The minimum Gasteiger partial charge on any atom is -0.399 e. The first-order valence-electron chi connectivity index (χ1n) is 2.40. The average Bonchev–Trinajstić information content (AvgIpc) is 1.94. The van der Waals surface area contributed by atoms with Crippen LogP contribution in [0.4, 0.5) is 0 Å². The maximum Gasteiger partial charge on any atom is 0.113 e. The maximum absolute atomic E-state index is 5.24. The zero-order valence-corrected chi connectivity index (χ0v) is 4.45. The van der Waals surface area contributed by atoms with Crippen molar-refractivity contribution < 1.29 is 4.84 Å². The van der Waals surface area contributed by atoms with E-state index in [-0.39, 0.29) is 0 Å². The molecule has 0 spiro atoms. The number of rotatable bonds is 0. The molecule has 0 aliphatic carbocycles. The molecule has 0 fully saturated rings. The molecule has 44 valence electrons. The molecule has 1 heterocycles. The van der Waals surface area contributed by atoms with Crippen molar-refractivity contribution in [2.24, 2.45) is 5.84 Å². The summed E-state index contributed by atoms with van der Waals surface area (Å²) in [6, 6.07) is 0. The number of nitrogens with two attached hydrogens (primary N) is 1. The largest absolute Gasteiger partial charge is 0.399 e. The standard InChI is InChI=1S/C5H8N2O/c6-7-4-2-1-3-5-8-7/h1-3,5H,4,6H2. The van der Waals surface area contributed by atoms with Crippen molar-refractivity contribution in [1.29, 1.82) is 0 Å². The Morgan fingerprint density at radius 3 is 3.25 bits per heavy atom. The molecule has 2 N–H and O–H groups in total. The number of hydroxylamine groups is 1. The third kappa shape index (κ3) is 1.36. The first kappa shape index (κ1) is 5.34. The quantitative estimate of drug-likeness (QED) is 0.454. The Kier molecular flexibility index (Phi) is 1.66. The van der Waals surface area contributed by atoms with Gasteiger partial charge in [0.2, 0.25) is 0 Å². The van der Waals surface area contributed by atoms with Gasteiger partial charge in [-0.15, -0.1) is 0 Å².